The van der Waals surface area contributed by atoms with E-state index in [0.717, 1.165) is 11.6 Å². The molecule has 1 rings (SSSR count). The molecule has 1 aromatic heterocycles. The third-order valence-corrected chi connectivity index (χ3v) is 2.69. The SMILES string of the molecule is CCOCc1nc(NC)cc(NCC(C)(C)OCC)n1. The average molecular weight is 282 g/mol. The molecular weight excluding hydrogens is 256 g/mol. The lowest BCUT2D eigenvalue weighted by atomic mass is 10.1. The van der Waals surface area contributed by atoms with Gasteiger partial charge in [0.25, 0.3) is 0 Å². The van der Waals surface area contributed by atoms with Gasteiger partial charge in [0.15, 0.2) is 5.82 Å². The predicted octanol–water partition coefficient (Wildman–Crippen LogP) is 2.28. The van der Waals surface area contributed by atoms with E-state index >= 15 is 0 Å². The second kappa shape index (κ2) is 8.01. The molecule has 0 amide bonds. The second-order valence-corrected chi connectivity index (χ2v) is 4.99. The zero-order valence-electron chi connectivity index (χ0n) is 13.1. The Balaban J connectivity index is 2.73. The Morgan fingerprint density at radius 1 is 1.15 bits per heavy atom. The minimum Gasteiger partial charge on any atom is -0.374 e. The van der Waals surface area contributed by atoms with E-state index in [4.69, 9.17) is 9.47 Å². The summed E-state index contributed by atoms with van der Waals surface area (Å²) in [4.78, 5) is 8.79. The molecule has 20 heavy (non-hydrogen) atoms. The van der Waals surface area contributed by atoms with Crippen LogP contribution < -0.4 is 10.6 Å². The van der Waals surface area contributed by atoms with Crippen LogP contribution in [0.5, 0.6) is 0 Å². The Morgan fingerprint density at radius 2 is 1.85 bits per heavy atom. The third kappa shape index (κ3) is 5.71. The fourth-order valence-corrected chi connectivity index (χ4v) is 1.72. The van der Waals surface area contributed by atoms with Gasteiger partial charge in [-0.1, -0.05) is 0 Å². The number of hydrogen-bond acceptors (Lipinski definition) is 6. The fourth-order valence-electron chi connectivity index (χ4n) is 1.72. The minimum absolute atomic E-state index is 0.237. The fraction of sp³-hybridized carbons (Fsp3) is 0.714. The first kappa shape index (κ1) is 16.7. The maximum Gasteiger partial charge on any atom is 0.158 e. The smallest absolute Gasteiger partial charge is 0.158 e. The molecule has 0 fully saturated rings. The van der Waals surface area contributed by atoms with Gasteiger partial charge < -0.3 is 20.1 Å². The molecule has 1 heterocycles. The molecule has 114 valence electrons. The van der Waals surface area contributed by atoms with Crippen molar-refractivity contribution >= 4 is 11.6 Å². The molecule has 0 saturated heterocycles. The molecule has 0 atom stereocenters. The van der Waals surface area contributed by atoms with Crippen LogP contribution in [0.2, 0.25) is 0 Å². The number of anilines is 2. The Bertz CT molecular complexity index is 410. The Labute approximate surface area is 121 Å². The summed E-state index contributed by atoms with van der Waals surface area (Å²) in [6, 6.07) is 1.87. The standard InChI is InChI=1S/C14H26N4O2/c1-6-19-9-13-17-11(15-5)8-12(18-13)16-10-14(3,4)20-7-2/h8H,6-7,9-10H2,1-5H3,(H2,15,16,17,18). The summed E-state index contributed by atoms with van der Waals surface area (Å²) >= 11 is 0. The van der Waals surface area contributed by atoms with E-state index in [9.17, 15) is 0 Å². The average Bonchev–Trinajstić information content (AvgIpc) is 2.43. The molecule has 6 nitrogen and oxygen atoms in total. The summed E-state index contributed by atoms with van der Waals surface area (Å²) in [7, 11) is 1.83. The highest BCUT2D eigenvalue weighted by atomic mass is 16.5. The number of nitrogens with zero attached hydrogens (tertiary/aromatic N) is 2. The van der Waals surface area contributed by atoms with Crippen molar-refractivity contribution < 1.29 is 9.47 Å². The molecule has 0 aliphatic rings. The van der Waals surface area contributed by atoms with Crippen molar-refractivity contribution in [3.63, 3.8) is 0 Å². The largest absolute Gasteiger partial charge is 0.374 e. The van der Waals surface area contributed by atoms with Gasteiger partial charge in [-0.05, 0) is 27.7 Å². The molecule has 0 aliphatic carbocycles. The number of aromatic nitrogens is 2. The molecule has 0 aromatic carbocycles. The van der Waals surface area contributed by atoms with Gasteiger partial charge in [0, 0.05) is 32.9 Å². The van der Waals surface area contributed by atoms with Crippen LogP contribution in [-0.4, -0.2) is 42.4 Å². The first-order valence-electron chi connectivity index (χ1n) is 7.02. The summed E-state index contributed by atoms with van der Waals surface area (Å²) in [6.45, 7) is 10.5. The van der Waals surface area contributed by atoms with Crippen molar-refractivity contribution in [3.05, 3.63) is 11.9 Å². The van der Waals surface area contributed by atoms with Crippen LogP contribution in [0.3, 0.4) is 0 Å². The van der Waals surface area contributed by atoms with Crippen LogP contribution >= 0.6 is 0 Å². The Kier molecular flexibility index (Phi) is 6.67. The van der Waals surface area contributed by atoms with Gasteiger partial charge in [0.05, 0.1) is 5.60 Å². The maximum atomic E-state index is 5.66. The van der Waals surface area contributed by atoms with Crippen molar-refractivity contribution in [2.24, 2.45) is 0 Å². The van der Waals surface area contributed by atoms with Gasteiger partial charge >= 0.3 is 0 Å². The lowest BCUT2D eigenvalue weighted by Gasteiger charge is -2.25. The first-order valence-corrected chi connectivity index (χ1v) is 7.02. The summed E-state index contributed by atoms with van der Waals surface area (Å²) in [5, 5.41) is 6.32. The monoisotopic (exact) mass is 282 g/mol. The quantitative estimate of drug-likeness (QED) is 0.724. The van der Waals surface area contributed by atoms with Crippen molar-refractivity contribution in [3.8, 4) is 0 Å². The first-order chi connectivity index (χ1) is 9.50. The second-order valence-electron chi connectivity index (χ2n) is 4.99. The number of hydrogen-bond donors (Lipinski definition) is 2. The Hall–Kier alpha value is -1.40. The van der Waals surface area contributed by atoms with E-state index in [1.54, 1.807) is 0 Å². The van der Waals surface area contributed by atoms with Crippen LogP contribution in [0, 0.1) is 0 Å². The van der Waals surface area contributed by atoms with Crippen molar-refractivity contribution in [2.45, 2.75) is 39.9 Å². The zero-order valence-corrected chi connectivity index (χ0v) is 13.1. The molecule has 0 spiro atoms. The zero-order chi connectivity index (χ0) is 15.0. The topological polar surface area (TPSA) is 68.3 Å². The number of rotatable bonds is 9. The highest BCUT2D eigenvalue weighted by Crippen LogP contribution is 2.14. The van der Waals surface area contributed by atoms with E-state index in [1.165, 1.54) is 0 Å². The third-order valence-electron chi connectivity index (χ3n) is 2.69. The lowest BCUT2D eigenvalue weighted by molar-refractivity contribution is 0.000634. The number of nitrogens with one attached hydrogen (secondary N) is 2. The summed E-state index contributed by atoms with van der Waals surface area (Å²) in [5.74, 6) is 2.20. The van der Waals surface area contributed by atoms with Crippen molar-refractivity contribution in [2.75, 3.05) is 37.4 Å². The predicted molar refractivity (Wildman–Crippen MR) is 81.1 cm³/mol. The van der Waals surface area contributed by atoms with Gasteiger partial charge in [-0.25, -0.2) is 9.97 Å². The highest BCUT2D eigenvalue weighted by molar-refractivity contribution is 5.47. The summed E-state index contributed by atoms with van der Waals surface area (Å²) < 4.78 is 11.0. The minimum atomic E-state index is -0.237. The van der Waals surface area contributed by atoms with Gasteiger partial charge in [-0.2, -0.15) is 0 Å². The molecule has 0 aliphatic heterocycles. The normalized spacial score (nSPS) is 11.4. The molecule has 0 radical (unpaired) electrons. The van der Waals surface area contributed by atoms with Crippen LogP contribution in [0.4, 0.5) is 11.6 Å². The van der Waals surface area contributed by atoms with Gasteiger partial charge in [0.1, 0.15) is 18.2 Å². The molecule has 6 heteroatoms. The maximum absolute atomic E-state index is 5.66. The summed E-state index contributed by atoms with van der Waals surface area (Å²) in [5.41, 5.74) is -0.237. The van der Waals surface area contributed by atoms with Crippen molar-refractivity contribution in [1.82, 2.24) is 9.97 Å². The highest BCUT2D eigenvalue weighted by Gasteiger charge is 2.17. The number of ether oxygens (including phenoxy) is 2. The molecular formula is C14H26N4O2. The van der Waals surface area contributed by atoms with Crippen LogP contribution in [0.25, 0.3) is 0 Å². The van der Waals surface area contributed by atoms with E-state index in [-0.39, 0.29) is 5.60 Å². The van der Waals surface area contributed by atoms with E-state index in [1.807, 2.05) is 40.8 Å². The molecule has 1 aromatic rings. The molecule has 0 saturated carbocycles. The lowest BCUT2D eigenvalue weighted by Crippen LogP contribution is -2.33. The van der Waals surface area contributed by atoms with E-state index < -0.39 is 0 Å². The van der Waals surface area contributed by atoms with Gasteiger partial charge in [-0.15, -0.1) is 0 Å². The van der Waals surface area contributed by atoms with Crippen LogP contribution in [0.15, 0.2) is 6.07 Å². The summed E-state index contributed by atoms with van der Waals surface area (Å²) in [6.07, 6.45) is 0. The van der Waals surface area contributed by atoms with Gasteiger partial charge in [0.2, 0.25) is 0 Å². The Morgan fingerprint density at radius 3 is 2.45 bits per heavy atom. The molecule has 2 N–H and O–H groups in total. The van der Waals surface area contributed by atoms with Crippen LogP contribution in [-0.2, 0) is 16.1 Å². The molecule has 0 bridgehead atoms. The van der Waals surface area contributed by atoms with E-state index in [2.05, 4.69) is 20.6 Å². The molecule has 0 unspecified atom stereocenters. The van der Waals surface area contributed by atoms with Crippen molar-refractivity contribution in [1.29, 1.82) is 0 Å². The van der Waals surface area contributed by atoms with Crippen LogP contribution in [0.1, 0.15) is 33.5 Å². The van der Waals surface area contributed by atoms with Gasteiger partial charge in [-0.3, -0.25) is 0 Å². The van der Waals surface area contributed by atoms with E-state index in [0.29, 0.717) is 32.2 Å².